The smallest absolute Gasteiger partial charge is 0.247 e. The fraction of sp³-hybridized carbons (Fsp3) is 0.278. The largest absolute Gasteiger partial charge is 0.305 e. The number of carbonyl (C=O) groups excluding carboxylic acids is 1. The molecule has 2 aromatic heterocycles. The highest BCUT2D eigenvalue weighted by molar-refractivity contribution is 7.15. The van der Waals surface area contributed by atoms with Crippen LogP contribution in [0.3, 0.4) is 0 Å². The van der Waals surface area contributed by atoms with E-state index >= 15 is 0 Å². The van der Waals surface area contributed by atoms with Crippen LogP contribution in [0.4, 0.5) is 9.52 Å². The topological polar surface area (TPSA) is 71.8 Å². The van der Waals surface area contributed by atoms with Gasteiger partial charge in [-0.1, -0.05) is 12.1 Å². The molecule has 26 heavy (non-hydrogen) atoms. The van der Waals surface area contributed by atoms with Gasteiger partial charge in [-0.2, -0.15) is 5.10 Å². The lowest BCUT2D eigenvalue weighted by Crippen LogP contribution is -2.30. The molecule has 3 aromatic rings. The molecule has 3 rings (SSSR count). The standard InChI is InChI=1S/C18H20FN5OS/c1-11-15(8-12-5-4-6-14(19)7-12)26-18(22-11)23-17(25)16(20-2)13-9-21-24(3)10-13/h4-7,9-10,16,20H,8H2,1-3H3,(H,22,23,25). The van der Waals surface area contributed by atoms with E-state index in [0.29, 0.717) is 11.6 Å². The molecule has 0 fully saturated rings. The lowest BCUT2D eigenvalue weighted by Gasteiger charge is -2.12. The number of hydrogen-bond donors (Lipinski definition) is 2. The molecule has 0 bridgehead atoms. The Hall–Kier alpha value is -2.58. The summed E-state index contributed by atoms with van der Waals surface area (Å²) in [4.78, 5) is 18.0. The molecule has 136 valence electrons. The van der Waals surface area contributed by atoms with E-state index in [0.717, 1.165) is 21.7 Å². The summed E-state index contributed by atoms with van der Waals surface area (Å²) in [5, 5.41) is 10.5. The van der Waals surface area contributed by atoms with E-state index in [4.69, 9.17) is 0 Å². The molecule has 6 nitrogen and oxygen atoms in total. The molecule has 1 amide bonds. The van der Waals surface area contributed by atoms with Crippen LogP contribution in [0.15, 0.2) is 36.7 Å². The number of aryl methyl sites for hydroxylation is 2. The second-order valence-electron chi connectivity index (χ2n) is 5.99. The Morgan fingerprint density at radius 1 is 1.42 bits per heavy atom. The highest BCUT2D eigenvalue weighted by atomic mass is 32.1. The minimum Gasteiger partial charge on any atom is -0.305 e. The van der Waals surface area contributed by atoms with Gasteiger partial charge in [-0.3, -0.25) is 9.48 Å². The summed E-state index contributed by atoms with van der Waals surface area (Å²) in [6, 6.07) is 5.98. The van der Waals surface area contributed by atoms with Crippen molar-refractivity contribution in [2.24, 2.45) is 7.05 Å². The highest BCUT2D eigenvalue weighted by Crippen LogP contribution is 2.26. The summed E-state index contributed by atoms with van der Waals surface area (Å²) in [6.45, 7) is 1.89. The monoisotopic (exact) mass is 373 g/mol. The maximum Gasteiger partial charge on any atom is 0.247 e. The van der Waals surface area contributed by atoms with Gasteiger partial charge >= 0.3 is 0 Å². The second-order valence-corrected chi connectivity index (χ2v) is 7.08. The number of likely N-dealkylation sites (N-methyl/N-ethyl adjacent to an activating group) is 1. The maximum atomic E-state index is 13.4. The number of halogens is 1. The van der Waals surface area contributed by atoms with Crippen LogP contribution in [0.25, 0.3) is 0 Å². The van der Waals surface area contributed by atoms with Crippen LogP contribution in [0.2, 0.25) is 0 Å². The number of aromatic nitrogens is 3. The van der Waals surface area contributed by atoms with Crippen molar-refractivity contribution in [2.75, 3.05) is 12.4 Å². The summed E-state index contributed by atoms with van der Waals surface area (Å²) in [5.41, 5.74) is 2.48. The molecule has 0 aliphatic heterocycles. The lowest BCUT2D eigenvalue weighted by atomic mass is 10.1. The van der Waals surface area contributed by atoms with Crippen LogP contribution in [0.1, 0.15) is 27.7 Å². The second kappa shape index (κ2) is 7.76. The van der Waals surface area contributed by atoms with Crippen LogP contribution in [-0.2, 0) is 18.3 Å². The van der Waals surface area contributed by atoms with E-state index in [1.54, 1.807) is 37.2 Å². The number of benzene rings is 1. The third-order valence-electron chi connectivity index (χ3n) is 3.99. The average Bonchev–Trinajstić information content (AvgIpc) is 3.14. The quantitative estimate of drug-likeness (QED) is 0.697. The van der Waals surface area contributed by atoms with E-state index in [2.05, 4.69) is 20.7 Å². The molecule has 0 saturated heterocycles. The molecule has 8 heteroatoms. The van der Waals surface area contributed by atoms with Crippen molar-refractivity contribution >= 4 is 22.4 Å². The van der Waals surface area contributed by atoms with Crippen molar-refractivity contribution in [3.8, 4) is 0 Å². The lowest BCUT2D eigenvalue weighted by molar-refractivity contribution is -0.118. The number of nitrogens with zero attached hydrogens (tertiary/aromatic N) is 3. The Balaban J connectivity index is 1.73. The molecule has 1 unspecified atom stereocenters. The average molecular weight is 373 g/mol. The van der Waals surface area contributed by atoms with Crippen molar-refractivity contribution in [3.05, 3.63) is 64.2 Å². The minimum absolute atomic E-state index is 0.202. The number of amides is 1. The van der Waals surface area contributed by atoms with Crippen LogP contribution >= 0.6 is 11.3 Å². The van der Waals surface area contributed by atoms with Crippen molar-refractivity contribution in [1.29, 1.82) is 0 Å². The summed E-state index contributed by atoms with van der Waals surface area (Å²) in [7, 11) is 3.52. The van der Waals surface area contributed by atoms with Gasteiger partial charge < -0.3 is 10.6 Å². The van der Waals surface area contributed by atoms with E-state index in [1.807, 2.05) is 13.0 Å². The van der Waals surface area contributed by atoms with Gasteiger partial charge in [-0.15, -0.1) is 11.3 Å². The first-order chi connectivity index (χ1) is 12.5. The fourth-order valence-electron chi connectivity index (χ4n) is 2.69. The zero-order valence-corrected chi connectivity index (χ0v) is 15.6. The van der Waals surface area contributed by atoms with Crippen molar-refractivity contribution in [1.82, 2.24) is 20.1 Å². The number of rotatable bonds is 6. The zero-order valence-electron chi connectivity index (χ0n) is 14.8. The third-order valence-corrected chi connectivity index (χ3v) is 5.06. The van der Waals surface area contributed by atoms with Gasteiger partial charge in [0.2, 0.25) is 5.91 Å². The first-order valence-electron chi connectivity index (χ1n) is 8.13. The Kier molecular flexibility index (Phi) is 5.43. The summed E-state index contributed by atoms with van der Waals surface area (Å²) in [6.07, 6.45) is 4.03. The number of hydrogen-bond acceptors (Lipinski definition) is 5. The first-order valence-corrected chi connectivity index (χ1v) is 8.95. The van der Waals surface area contributed by atoms with E-state index < -0.39 is 6.04 Å². The summed E-state index contributed by atoms with van der Waals surface area (Å²) in [5.74, 6) is -0.460. The molecular formula is C18H20FN5OS. The van der Waals surface area contributed by atoms with Crippen LogP contribution in [-0.4, -0.2) is 27.7 Å². The third kappa shape index (κ3) is 4.14. The van der Waals surface area contributed by atoms with Crippen molar-refractivity contribution in [3.63, 3.8) is 0 Å². The highest BCUT2D eigenvalue weighted by Gasteiger charge is 2.21. The molecular weight excluding hydrogens is 353 g/mol. The molecule has 2 heterocycles. The van der Waals surface area contributed by atoms with Gasteiger partial charge in [-0.25, -0.2) is 9.37 Å². The van der Waals surface area contributed by atoms with E-state index in [9.17, 15) is 9.18 Å². The minimum atomic E-state index is -0.514. The van der Waals surface area contributed by atoms with E-state index in [1.165, 1.54) is 23.5 Å². The van der Waals surface area contributed by atoms with Gasteiger partial charge in [0.25, 0.3) is 0 Å². The molecule has 2 N–H and O–H groups in total. The van der Waals surface area contributed by atoms with E-state index in [-0.39, 0.29) is 11.7 Å². The van der Waals surface area contributed by atoms with Gasteiger partial charge in [0.1, 0.15) is 11.9 Å². The SMILES string of the molecule is CNC(C(=O)Nc1nc(C)c(Cc2cccc(F)c2)s1)c1cnn(C)c1. The zero-order chi connectivity index (χ0) is 18.7. The Bertz CT molecular complexity index is 920. The normalized spacial score (nSPS) is 12.2. The Morgan fingerprint density at radius 2 is 2.23 bits per heavy atom. The molecule has 1 atom stereocenters. The Morgan fingerprint density at radius 3 is 2.88 bits per heavy atom. The van der Waals surface area contributed by atoms with Crippen molar-refractivity contribution < 1.29 is 9.18 Å². The van der Waals surface area contributed by atoms with Crippen LogP contribution in [0.5, 0.6) is 0 Å². The molecule has 0 radical (unpaired) electrons. The molecule has 0 aliphatic rings. The molecule has 0 saturated carbocycles. The predicted octanol–water partition coefficient (Wildman–Crippen LogP) is 2.81. The number of anilines is 1. The summed E-state index contributed by atoms with van der Waals surface area (Å²) < 4.78 is 15.0. The molecule has 0 aliphatic carbocycles. The van der Waals surface area contributed by atoms with Gasteiger partial charge in [0, 0.05) is 30.1 Å². The molecule has 1 aromatic carbocycles. The van der Waals surface area contributed by atoms with Crippen LogP contribution < -0.4 is 10.6 Å². The van der Waals surface area contributed by atoms with Gasteiger partial charge in [0.15, 0.2) is 5.13 Å². The maximum absolute atomic E-state index is 13.4. The fourth-order valence-corrected chi connectivity index (χ4v) is 3.69. The predicted molar refractivity (Wildman–Crippen MR) is 99.7 cm³/mol. The van der Waals surface area contributed by atoms with Gasteiger partial charge in [-0.05, 0) is 31.7 Å². The number of nitrogens with one attached hydrogen (secondary N) is 2. The van der Waals surface area contributed by atoms with Gasteiger partial charge in [0.05, 0.1) is 11.9 Å². The number of carbonyl (C=O) groups is 1. The first kappa shape index (κ1) is 18.2. The molecule has 0 spiro atoms. The Labute approximate surface area is 155 Å². The summed E-state index contributed by atoms with van der Waals surface area (Å²) >= 11 is 1.40. The number of thiazole rings is 1. The van der Waals surface area contributed by atoms with Crippen molar-refractivity contribution in [2.45, 2.75) is 19.4 Å². The van der Waals surface area contributed by atoms with Crippen LogP contribution in [0, 0.1) is 12.7 Å².